The van der Waals surface area contributed by atoms with Crippen LogP contribution in [0.15, 0.2) is 66.9 Å². The number of hydrogen-bond acceptors (Lipinski definition) is 0. The fraction of sp³-hybridized carbons (Fsp3) is 0.200. The van der Waals surface area contributed by atoms with Crippen molar-refractivity contribution in [1.82, 2.24) is 4.57 Å². The minimum atomic E-state index is 0.349. The fourth-order valence-electron chi connectivity index (χ4n) is 3.12. The van der Waals surface area contributed by atoms with E-state index in [1.165, 1.54) is 27.9 Å². The lowest BCUT2D eigenvalue weighted by Crippen LogP contribution is -2.07. The van der Waals surface area contributed by atoms with Gasteiger partial charge in [-0.05, 0) is 37.5 Å². The Morgan fingerprint density at radius 2 is 1.38 bits per heavy atom. The molecular weight excluding hydrogens is 254 g/mol. The Hall–Kier alpha value is -2.28. The molecule has 1 heterocycles. The van der Waals surface area contributed by atoms with Crippen molar-refractivity contribution < 1.29 is 0 Å². The van der Waals surface area contributed by atoms with Crippen LogP contribution >= 0.6 is 0 Å². The van der Waals surface area contributed by atoms with Crippen LogP contribution in [0.2, 0.25) is 0 Å². The van der Waals surface area contributed by atoms with Gasteiger partial charge < -0.3 is 4.57 Å². The molecule has 0 saturated carbocycles. The largest absolute Gasteiger partial charge is 0.344 e. The molecule has 0 spiro atoms. The Morgan fingerprint density at radius 1 is 0.810 bits per heavy atom. The van der Waals surface area contributed by atoms with Gasteiger partial charge in [0.05, 0.1) is 6.04 Å². The second kappa shape index (κ2) is 5.61. The standard InChI is InChI=1S/C20H21N/c1-15-14-21(16(2)18-10-6-4-7-11-18)17(3)20(15)19-12-8-5-9-13-19/h4-14,16H,1-3H3/t16-/m1/s1. The molecule has 0 radical (unpaired) electrons. The highest BCUT2D eigenvalue weighted by atomic mass is 15.0. The van der Waals surface area contributed by atoms with Gasteiger partial charge in [0.25, 0.3) is 0 Å². The topological polar surface area (TPSA) is 4.93 Å². The molecule has 3 aromatic rings. The number of nitrogens with zero attached hydrogens (tertiary/aromatic N) is 1. The van der Waals surface area contributed by atoms with Gasteiger partial charge in [0.15, 0.2) is 0 Å². The number of benzene rings is 2. The summed E-state index contributed by atoms with van der Waals surface area (Å²) < 4.78 is 2.38. The van der Waals surface area contributed by atoms with Gasteiger partial charge in [-0.2, -0.15) is 0 Å². The van der Waals surface area contributed by atoms with Gasteiger partial charge in [0, 0.05) is 17.5 Å². The van der Waals surface area contributed by atoms with Crippen LogP contribution < -0.4 is 0 Å². The van der Waals surface area contributed by atoms with Gasteiger partial charge in [0.2, 0.25) is 0 Å². The van der Waals surface area contributed by atoms with Crippen molar-refractivity contribution in [1.29, 1.82) is 0 Å². The van der Waals surface area contributed by atoms with Gasteiger partial charge >= 0.3 is 0 Å². The van der Waals surface area contributed by atoms with Crippen LogP contribution in [0.5, 0.6) is 0 Å². The molecule has 3 rings (SSSR count). The Balaban J connectivity index is 2.07. The first-order chi connectivity index (χ1) is 10.2. The van der Waals surface area contributed by atoms with E-state index >= 15 is 0 Å². The SMILES string of the molecule is Cc1cn([C@H](C)c2ccccc2)c(C)c1-c1ccccc1. The third-order valence-corrected chi connectivity index (χ3v) is 4.24. The van der Waals surface area contributed by atoms with Crippen molar-refractivity contribution in [2.24, 2.45) is 0 Å². The Bertz CT molecular complexity index is 723. The second-order valence-electron chi connectivity index (χ2n) is 5.63. The lowest BCUT2D eigenvalue weighted by molar-refractivity contribution is 0.626. The summed E-state index contributed by atoms with van der Waals surface area (Å²) in [6.07, 6.45) is 2.27. The van der Waals surface area contributed by atoms with Gasteiger partial charge in [-0.15, -0.1) is 0 Å². The quantitative estimate of drug-likeness (QED) is 0.604. The van der Waals surface area contributed by atoms with Crippen LogP contribution in [0.3, 0.4) is 0 Å². The van der Waals surface area contributed by atoms with E-state index in [0.29, 0.717) is 6.04 Å². The zero-order chi connectivity index (χ0) is 14.8. The maximum Gasteiger partial charge on any atom is 0.0554 e. The summed E-state index contributed by atoms with van der Waals surface area (Å²) in [6, 6.07) is 21.7. The molecule has 0 N–H and O–H groups in total. The predicted octanol–water partition coefficient (Wildman–Crippen LogP) is 5.38. The third-order valence-electron chi connectivity index (χ3n) is 4.24. The average Bonchev–Trinajstić information content (AvgIpc) is 2.83. The van der Waals surface area contributed by atoms with Crippen LogP contribution in [0, 0.1) is 13.8 Å². The van der Waals surface area contributed by atoms with Gasteiger partial charge in [-0.3, -0.25) is 0 Å². The molecule has 1 heteroatoms. The molecule has 0 bridgehead atoms. The fourth-order valence-corrected chi connectivity index (χ4v) is 3.12. The predicted molar refractivity (Wildman–Crippen MR) is 89.6 cm³/mol. The van der Waals surface area contributed by atoms with Gasteiger partial charge in [-0.1, -0.05) is 60.7 Å². The summed E-state index contributed by atoms with van der Waals surface area (Å²) in [5, 5.41) is 0. The zero-order valence-corrected chi connectivity index (χ0v) is 12.9. The Morgan fingerprint density at radius 3 is 2.00 bits per heavy atom. The normalized spacial score (nSPS) is 12.3. The molecule has 0 fully saturated rings. The molecule has 2 aromatic carbocycles. The molecule has 1 nitrogen and oxygen atoms in total. The molecule has 0 amide bonds. The summed E-state index contributed by atoms with van der Waals surface area (Å²) >= 11 is 0. The maximum absolute atomic E-state index is 2.38. The highest BCUT2D eigenvalue weighted by Crippen LogP contribution is 2.32. The number of aryl methyl sites for hydroxylation is 1. The highest BCUT2D eigenvalue weighted by molar-refractivity contribution is 5.70. The summed E-state index contributed by atoms with van der Waals surface area (Å²) in [5.74, 6) is 0. The zero-order valence-electron chi connectivity index (χ0n) is 12.9. The first-order valence-corrected chi connectivity index (χ1v) is 7.47. The molecule has 0 unspecified atom stereocenters. The van der Waals surface area contributed by atoms with Crippen LogP contribution in [0.1, 0.15) is 29.8 Å². The third kappa shape index (κ3) is 2.52. The van der Waals surface area contributed by atoms with Crippen LogP contribution in [-0.4, -0.2) is 4.57 Å². The summed E-state index contributed by atoms with van der Waals surface area (Å²) in [5.41, 5.74) is 6.66. The molecule has 0 aliphatic rings. The molecule has 1 atom stereocenters. The average molecular weight is 275 g/mol. The minimum Gasteiger partial charge on any atom is -0.344 e. The smallest absolute Gasteiger partial charge is 0.0554 e. The monoisotopic (exact) mass is 275 g/mol. The summed E-state index contributed by atoms with van der Waals surface area (Å²) in [4.78, 5) is 0. The van der Waals surface area contributed by atoms with Crippen LogP contribution in [0.25, 0.3) is 11.1 Å². The number of rotatable bonds is 3. The van der Waals surface area contributed by atoms with E-state index in [4.69, 9.17) is 0 Å². The minimum absolute atomic E-state index is 0.349. The lowest BCUT2D eigenvalue weighted by atomic mass is 10.0. The van der Waals surface area contributed by atoms with E-state index in [1.54, 1.807) is 0 Å². The van der Waals surface area contributed by atoms with Crippen molar-refractivity contribution in [2.45, 2.75) is 26.8 Å². The molecule has 1 aromatic heterocycles. The van der Waals surface area contributed by atoms with E-state index < -0.39 is 0 Å². The number of hydrogen-bond donors (Lipinski definition) is 0. The second-order valence-corrected chi connectivity index (χ2v) is 5.63. The molecule has 0 aliphatic heterocycles. The van der Waals surface area contributed by atoms with E-state index in [-0.39, 0.29) is 0 Å². The molecular formula is C20H21N. The van der Waals surface area contributed by atoms with E-state index in [0.717, 1.165) is 0 Å². The van der Waals surface area contributed by atoms with E-state index in [1.807, 2.05) is 0 Å². The molecule has 0 aliphatic carbocycles. The first kappa shape index (κ1) is 13.7. The van der Waals surface area contributed by atoms with Crippen LogP contribution in [-0.2, 0) is 0 Å². The maximum atomic E-state index is 2.38. The molecule has 106 valence electrons. The van der Waals surface area contributed by atoms with E-state index in [2.05, 4.69) is 92.2 Å². The lowest BCUT2D eigenvalue weighted by Gasteiger charge is -2.17. The van der Waals surface area contributed by atoms with E-state index in [9.17, 15) is 0 Å². The molecule has 21 heavy (non-hydrogen) atoms. The Labute approximate surface area is 126 Å². The first-order valence-electron chi connectivity index (χ1n) is 7.47. The van der Waals surface area contributed by atoms with Crippen molar-refractivity contribution >= 4 is 0 Å². The number of aromatic nitrogens is 1. The summed E-state index contributed by atoms with van der Waals surface area (Å²) in [7, 11) is 0. The van der Waals surface area contributed by atoms with Crippen molar-refractivity contribution in [2.75, 3.05) is 0 Å². The van der Waals surface area contributed by atoms with Crippen molar-refractivity contribution in [3.8, 4) is 11.1 Å². The van der Waals surface area contributed by atoms with Gasteiger partial charge in [0.1, 0.15) is 0 Å². The summed E-state index contributed by atoms with van der Waals surface area (Å²) in [6.45, 7) is 6.68. The van der Waals surface area contributed by atoms with Crippen LogP contribution in [0.4, 0.5) is 0 Å². The Kier molecular flexibility index (Phi) is 3.66. The highest BCUT2D eigenvalue weighted by Gasteiger charge is 2.15. The van der Waals surface area contributed by atoms with Crippen molar-refractivity contribution in [3.05, 3.63) is 83.7 Å². The molecule has 0 saturated heterocycles. The van der Waals surface area contributed by atoms with Crippen molar-refractivity contribution in [3.63, 3.8) is 0 Å². The van der Waals surface area contributed by atoms with Gasteiger partial charge in [-0.25, -0.2) is 0 Å².